The van der Waals surface area contributed by atoms with Crippen LogP contribution in [0.4, 0.5) is 0 Å². The van der Waals surface area contributed by atoms with Crippen LogP contribution in [0, 0.1) is 13.8 Å². The highest BCUT2D eigenvalue weighted by Crippen LogP contribution is 2.23. The lowest BCUT2D eigenvalue weighted by Gasteiger charge is -2.16. The first kappa shape index (κ1) is 15.7. The van der Waals surface area contributed by atoms with E-state index >= 15 is 0 Å². The van der Waals surface area contributed by atoms with Gasteiger partial charge in [0.25, 0.3) is 0 Å². The fourth-order valence-corrected chi connectivity index (χ4v) is 3.16. The quantitative estimate of drug-likeness (QED) is 0.944. The van der Waals surface area contributed by atoms with Gasteiger partial charge in [0.2, 0.25) is 0 Å². The van der Waals surface area contributed by atoms with E-state index in [1.807, 2.05) is 12.1 Å². The summed E-state index contributed by atoms with van der Waals surface area (Å²) in [6, 6.07) is 12.9. The van der Waals surface area contributed by atoms with Gasteiger partial charge in [0.15, 0.2) is 9.84 Å². The molecule has 2 rings (SSSR count). The summed E-state index contributed by atoms with van der Waals surface area (Å²) < 4.78 is 23.3. The molecule has 0 spiro atoms. The lowest BCUT2D eigenvalue weighted by atomic mass is 9.93. The van der Waals surface area contributed by atoms with Gasteiger partial charge in [-0.05, 0) is 54.7 Å². The zero-order valence-corrected chi connectivity index (χ0v) is 13.4. The van der Waals surface area contributed by atoms with Crippen molar-refractivity contribution in [3.05, 3.63) is 64.7 Å². The van der Waals surface area contributed by atoms with Gasteiger partial charge in [0.05, 0.1) is 4.90 Å². The van der Waals surface area contributed by atoms with Crippen LogP contribution in [0.3, 0.4) is 0 Å². The van der Waals surface area contributed by atoms with Crippen molar-refractivity contribution in [3.63, 3.8) is 0 Å². The molecule has 21 heavy (non-hydrogen) atoms. The third-order valence-corrected chi connectivity index (χ3v) is 4.89. The number of aryl methyl sites for hydroxylation is 2. The Bertz CT molecular complexity index is 731. The molecule has 0 saturated heterocycles. The van der Waals surface area contributed by atoms with E-state index in [2.05, 4.69) is 26.0 Å². The molecule has 0 aromatic heterocycles. The van der Waals surface area contributed by atoms with Crippen LogP contribution >= 0.6 is 0 Å². The zero-order valence-electron chi connectivity index (χ0n) is 12.6. The van der Waals surface area contributed by atoms with Gasteiger partial charge in [-0.15, -0.1) is 0 Å². The van der Waals surface area contributed by atoms with Crippen molar-refractivity contribution in [2.24, 2.45) is 5.73 Å². The van der Waals surface area contributed by atoms with Crippen molar-refractivity contribution in [3.8, 4) is 0 Å². The van der Waals surface area contributed by atoms with Crippen LogP contribution in [-0.4, -0.2) is 14.7 Å². The summed E-state index contributed by atoms with van der Waals surface area (Å²) in [5, 5.41) is 0. The molecular weight excluding hydrogens is 282 g/mol. The first-order valence-corrected chi connectivity index (χ1v) is 8.79. The zero-order chi connectivity index (χ0) is 15.6. The Balaban J connectivity index is 2.31. The van der Waals surface area contributed by atoms with Gasteiger partial charge in [-0.2, -0.15) is 0 Å². The van der Waals surface area contributed by atoms with E-state index < -0.39 is 9.84 Å². The highest BCUT2D eigenvalue weighted by atomic mass is 32.2. The van der Waals surface area contributed by atoms with Crippen molar-refractivity contribution in [2.75, 3.05) is 6.26 Å². The smallest absolute Gasteiger partial charge is 0.175 e. The molecule has 0 aliphatic heterocycles. The number of nitrogens with two attached hydrogens (primary N) is 1. The molecular formula is C17H21NO2S. The van der Waals surface area contributed by atoms with Crippen molar-refractivity contribution in [2.45, 2.75) is 31.2 Å². The molecule has 0 radical (unpaired) electrons. The maximum Gasteiger partial charge on any atom is 0.175 e. The Morgan fingerprint density at radius 3 is 2.19 bits per heavy atom. The minimum absolute atomic E-state index is 0.216. The Morgan fingerprint density at radius 1 is 1.05 bits per heavy atom. The van der Waals surface area contributed by atoms with E-state index in [4.69, 9.17) is 5.73 Å². The van der Waals surface area contributed by atoms with Gasteiger partial charge >= 0.3 is 0 Å². The molecule has 0 amide bonds. The molecule has 112 valence electrons. The summed E-state index contributed by atoms with van der Waals surface area (Å²) in [6.45, 7) is 4.14. The summed E-state index contributed by atoms with van der Waals surface area (Å²) in [4.78, 5) is 0.317. The lowest BCUT2D eigenvalue weighted by Crippen LogP contribution is -2.15. The Morgan fingerprint density at radius 2 is 1.62 bits per heavy atom. The fraction of sp³-hybridized carbons (Fsp3) is 0.294. The number of rotatable bonds is 4. The highest BCUT2D eigenvalue weighted by molar-refractivity contribution is 7.90. The van der Waals surface area contributed by atoms with E-state index in [0.29, 0.717) is 11.3 Å². The van der Waals surface area contributed by atoms with Crippen LogP contribution in [0.2, 0.25) is 0 Å². The molecule has 3 nitrogen and oxygen atoms in total. The number of benzene rings is 2. The highest BCUT2D eigenvalue weighted by Gasteiger charge is 2.13. The average Bonchev–Trinajstić information content (AvgIpc) is 2.42. The third-order valence-electron chi connectivity index (χ3n) is 3.78. The molecule has 2 aromatic rings. The van der Waals surface area contributed by atoms with E-state index in [-0.39, 0.29) is 6.04 Å². The number of hydrogen-bond donors (Lipinski definition) is 1. The van der Waals surface area contributed by atoms with E-state index in [1.54, 1.807) is 18.2 Å². The van der Waals surface area contributed by atoms with E-state index in [9.17, 15) is 8.42 Å². The second-order valence-corrected chi connectivity index (χ2v) is 7.54. The van der Waals surface area contributed by atoms with Crippen molar-refractivity contribution in [1.82, 2.24) is 0 Å². The number of hydrogen-bond acceptors (Lipinski definition) is 3. The predicted molar refractivity (Wildman–Crippen MR) is 86.1 cm³/mol. The Labute approximate surface area is 126 Å². The molecule has 0 saturated carbocycles. The van der Waals surface area contributed by atoms with Gasteiger partial charge in [0.1, 0.15) is 0 Å². The summed E-state index contributed by atoms with van der Waals surface area (Å²) in [6.07, 6.45) is 1.91. The van der Waals surface area contributed by atoms with Crippen LogP contribution in [-0.2, 0) is 16.3 Å². The SMILES string of the molecule is Cc1cccc(C)c1CC(N)c1cccc(S(C)(=O)=O)c1. The van der Waals surface area contributed by atoms with Crippen LogP contribution < -0.4 is 5.73 Å². The first-order valence-electron chi connectivity index (χ1n) is 6.89. The van der Waals surface area contributed by atoms with Gasteiger partial charge in [-0.1, -0.05) is 30.3 Å². The molecule has 0 aliphatic rings. The summed E-state index contributed by atoms with van der Waals surface area (Å²) >= 11 is 0. The Kier molecular flexibility index (Phi) is 4.49. The summed E-state index contributed by atoms with van der Waals surface area (Å²) in [7, 11) is -3.20. The molecule has 0 aliphatic carbocycles. The van der Waals surface area contributed by atoms with Gasteiger partial charge in [-0.25, -0.2) is 8.42 Å². The standard InChI is InChI=1S/C17H21NO2S/c1-12-6-4-7-13(2)16(12)11-17(18)14-8-5-9-15(10-14)21(3,19)20/h4-10,17H,11,18H2,1-3H3. The van der Waals surface area contributed by atoms with E-state index in [1.165, 1.54) is 22.9 Å². The van der Waals surface area contributed by atoms with Crippen molar-refractivity contribution < 1.29 is 8.42 Å². The van der Waals surface area contributed by atoms with Gasteiger partial charge in [-0.3, -0.25) is 0 Å². The summed E-state index contributed by atoms with van der Waals surface area (Å²) in [5.41, 5.74) is 10.8. The second-order valence-electron chi connectivity index (χ2n) is 5.53. The second kappa shape index (κ2) is 6.00. The first-order chi connectivity index (χ1) is 9.79. The van der Waals surface area contributed by atoms with Crippen LogP contribution in [0.1, 0.15) is 28.3 Å². The third kappa shape index (κ3) is 3.71. The van der Waals surface area contributed by atoms with E-state index in [0.717, 1.165) is 5.56 Å². The van der Waals surface area contributed by atoms with Gasteiger partial charge < -0.3 is 5.73 Å². The normalized spacial score (nSPS) is 13.1. The fourth-order valence-electron chi connectivity index (χ4n) is 2.48. The molecule has 0 bridgehead atoms. The lowest BCUT2D eigenvalue weighted by molar-refractivity contribution is 0.601. The maximum atomic E-state index is 11.6. The molecule has 0 heterocycles. The molecule has 2 N–H and O–H groups in total. The van der Waals surface area contributed by atoms with Crippen molar-refractivity contribution >= 4 is 9.84 Å². The van der Waals surface area contributed by atoms with Crippen LogP contribution in [0.15, 0.2) is 47.4 Å². The largest absolute Gasteiger partial charge is 0.324 e. The molecule has 0 fully saturated rings. The summed E-state index contributed by atoms with van der Waals surface area (Å²) in [5.74, 6) is 0. The Hall–Kier alpha value is -1.65. The molecule has 2 aromatic carbocycles. The monoisotopic (exact) mass is 303 g/mol. The topological polar surface area (TPSA) is 60.2 Å². The molecule has 1 unspecified atom stereocenters. The van der Waals surface area contributed by atoms with Gasteiger partial charge in [0, 0.05) is 12.3 Å². The van der Waals surface area contributed by atoms with Crippen LogP contribution in [0.5, 0.6) is 0 Å². The predicted octanol–water partition coefficient (Wildman–Crippen LogP) is 2.95. The average molecular weight is 303 g/mol. The van der Waals surface area contributed by atoms with Crippen LogP contribution in [0.25, 0.3) is 0 Å². The minimum Gasteiger partial charge on any atom is -0.324 e. The number of sulfone groups is 1. The molecule has 1 atom stereocenters. The maximum absolute atomic E-state index is 11.6. The van der Waals surface area contributed by atoms with Crippen molar-refractivity contribution in [1.29, 1.82) is 0 Å². The molecule has 4 heteroatoms. The minimum atomic E-state index is -3.20.